The molecule has 4 rings (SSSR count). The summed E-state index contributed by atoms with van der Waals surface area (Å²) >= 11 is 1.37. The zero-order valence-electron chi connectivity index (χ0n) is 28.0. The first kappa shape index (κ1) is 37.5. The van der Waals surface area contributed by atoms with Crippen LogP contribution in [0.3, 0.4) is 0 Å². The van der Waals surface area contributed by atoms with Gasteiger partial charge in [-0.05, 0) is 55.7 Å². The lowest BCUT2D eigenvalue weighted by atomic mass is 9.79. The zero-order chi connectivity index (χ0) is 35.4. The third-order valence-corrected chi connectivity index (χ3v) is 11.3. The monoisotopic (exact) mass is 707 g/mol. The molecular formula is C37H45N3O7S2. The number of rotatable bonds is 17. The average molecular weight is 708 g/mol. The van der Waals surface area contributed by atoms with Crippen LogP contribution in [0.1, 0.15) is 57.1 Å². The van der Waals surface area contributed by atoms with Crippen molar-refractivity contribution >= 4 is 50.8 Å². The fourth-order valence-electron chi connectivity index (χ4n) is 6.21. The molecule has 2 atom stereocenters. The molecule has 0 spiro atoms. The fourth-order valence-corrected chi connectivity index (χ4v) is 8.87. The number of aliphatic carboxylic acids is 1. The molecular weight excluding hydrogens is 663 g/mol. The van der Waals surface area contributed by atoms with Crippen LogP contribution in [0, 0.1) is 5.41 Å². The number of para-hydroxylation sites is 1. The number of anilines is 2. The highest BCUT2D eigenvalue weighted by Gasteiger charge is 2.42. The van der Waals surface area contributed by atoms with Gasteiger partial charge in [-0.2, -0.15) is 0 Å². The first-order valence-corrected chi connectivity index (χ1v) is 19.2. The highest BCUT2D eigenvalue weighted by atomic mass is 32.2. The molecule has 0 aliphatic carbocycles. The molecule has 3 aromatic carbocycles. The minimum atomic E-state index is -3.82. The summed E-state index contributed by atoms with van der Waals surface area (Å²) in [6.45, 7) is 5.39. The van der Waals surface area contributed by atoms with Gasteiger partial charge in [0.25, 0.3) is 5.91 Å². The van der Waals surface area contributed by atoms with E-state index in [1.165, 1.54) is 17.8 Å². The van der Waals surface area contributed by atoms with Gasteiger partial charge in [-0.3, -0.25) is 14.4 Å². The molecule has 0 bridgehead atoms. The highest BCUT2D eigenvalue weighted by Crippen LogP contribution is 2.47. The minimum Gasteiger partial charge on any atom is -0.483 e. The normalized spacial score (nSPS) is 17.2. The first-order chi connectivity index (χ1) is 23.5. The topological polar surface area (TPSA) is 142 Å². The zero-order valence-corrected chi connectivity index (χ0v) is 29.7. The van der Waals surface area contributed by atoms with E-state index in [0.717, 1.165) is 44.2 Å². The summed E-state index contributed by atoms with van der Waals surface area (Å²) in [4.78, 5) is 40.0. The second kappa shape index (κ2) is 17.4. The van der Waals surface area contributed by atoms with Crippen molar-refractivity contribution in [3.63, 3.8) is 0 Å². The first-order valence-electron chi connectivity index (χ1n) is 16.4. The van der Waals surface area contributed by atoms with Gasteiger partial charge in [-0.15, -0.1) is 18.3 Å². The van der Waals surface area contributed by atoms with Gasteiger partial charge < -0.3 is 25.4 Å². The van der Waals surface area contributed by atoms with Crippen molar-refractivity contribution in [2.24, 2.45) is 5.41 Å². The molecule has 1 aliphatic rings. The predicted octanol–water partition coefficient (Wildman–Crippen LogP) is 6.30. The predicted molar refractivity (Wildman–Crippen MR) is 193 cm³/mol. The van der Waals surface area contributed by atoms with Crippen molar-refractivity contribution < 1.29 is 32.6 Å². The van der Waals surface area contributed by atoms with Gasteiger partial charge in [0.15, 0.2) is 16.4 Å². The number of amides is 2. The Kier molecular flexibility index (Phi) is 13.3. The lowest BCUT2D eigenvalue weighted by Gasteiger charge is -2.37. The van der Waals surface area contributed by atoms with E-state index in [9.17, 15) is 22.8 Å². The summed E-state index contributed by atoms with van der Waals surface area (Å²) in [7, 11) is -3.82. The van der Waals surface area contributed by atoms with Gasteiger partial charge in [0, 0.05) is 23.7 Å². The van der Waals surface area contributed by atoms with Crippen molar-refractivity contribution in [3.05, 3.63) is 91.0 Å². The summed E-state index contributed by atoms with van der Waals surface area (Å²) in [5.41, 5.74) is 1.41. The number of unbranched alkanes of at least 4 members (excludes halogenated alkanes) is 2. The Balaban J connectivity index is 1.68. The Labute approximate surface area is 293 Å². The molecule has 1 aliphatic heterocycles. The van der Waals surface area contributed by atoms with Crippen molar-refractivity contribution in [2.75, 3.05) is 36.6 Å². The summed E-state index contributed by atoms with van der Waals surface area (Å²) in [6.07, 6.45) is 8.71. The molecule has 0 radical (unpaired) electrons. The van der Waals surface area contributed by atoms with Crippen LogP contribution in [0.4, 0.5) is 11.4 Å². The quantitative estimate of drug-likeness (QED) is 0.0837. The summed E-state index contributed by atoms with van der Waals surface area (Å²) in [5.74, 6) is -2.34. The molecule has 3 N–H and O–H groups in total. The Morgan fingerprint density at radius 3 is 2.37 bits per heavy atom. The van der Waals surface area contributed by atoms with Crippen molar-refractivity contribution in [3.8, 4) is 5.75 Å². The number of nitrogens with zero attached hydrogens (tertiary/aromatic N) is 1. The van der Waals surface area contributed by atoms with E-state index in [1.54, 1.807) is 30.3 Å². The van der Waals surface area contributed by atoms with Gasteiger partial charge in [0.1, 0.15) is 18.3 Å². The van der Waals surface area contributed by atoms with Crippen LogP contribution >= 0.6 is 11.8 Å². The number of allylic oxidation sites excluding steroid dienone is 1. The van der Waals surface area contributed by atoms with Crippen molar-refractivity contribution in [2.45, 2.75) is 61.3 Å². The molecule has 0 saturated heterocycles. The van der Waals surface area contributed by atoms with E-state index < -0.39 is 52.2 Å². The number of ether oxygens (including phenoxy) is 1. The maximum absolute atomic E-state index is 14.4. The van der Waals surface area contributed by atoms with Crippen LogP contribution in [0.25, 0.3) is 0 Å². The van der Waals surface area contributed by atoms with Gasteiger partial charge in [-0.25, -0.2) is 8.42 Å². The van der Waals surface area contributed by atoms with E-state index in [4.69, 9.17) is 9.84 Å². The SMILES string of the molecule is C=CCCCC1(CCCC)CN(c2ccccc2)c2cc(SC)c(OCC(=O)N[C@@H](C(=O)NCC(=O)O)c3ccccc3)cc2S(=O)(=O)C1. The van der Waals surface area contributed by atoms with Gasteiger partial charge >= 0.3 is 5.97 Å². The average Bonchev–Trinajstić information content (AvgIpc) is 3.19. The van der Waals surface area contributed by atoms with Crippen LogP contribution in [0.2, 0.25) is 0 Å². The molecule has 12 heteroatoms. The maximum Gasteiger partial charge on any atom is 0.322 e. The highest BCUT2D eigenvalue weighted by molar-refractivity contribution is 7.98. The van der Waals surface area contributed by atoms with Gasteiger partial charge in [-0.1, -0.05) is 74.4 Å². The number of hydrogen-bond acceptors (Lipinski definition) is 8. The molecule has 0 saturated carbocycles. The lowest BCUT2D eigenvalue weighted by Crippen LogP contribution is -2.43. The van der Waals surface area contributed by atoms with E-state index in [2.05, 4.69) is 29.0 Å². The molecule has 1 heterocycles. The molecule has 3 aromatic rings. The Morgan fingerprint density at radius 2 is 1.73 bits per heavy atom. The van der Waals surface area contributed by atoms with Crippen molar-refractivity contribution in [1.29, 1.82) is 0 Å². The van der Waals surface area contributed by atoms with Crippen LogP contribution in [-0.4, -0.2) is 63.0 Å². The van der Waals surface area contributed by atoms with E-state index in [-0.39, 0.29) is 16.4 Å². The number of carbonyl (C=O) groups is 3. The number of fused-ring (bicyclic) bond motifs is 1. The number of carboxylic acids is 1. The van der Waals surface area contributed by atoms with Crippen LogP contribution in [0.5, 0.6) is 5.75 Å². The van der Waals surface area contributed by atoms with Crippen molar-refractivity contribution in [1.82, 2.24) is 10.6 Å². The fraction of sp³-hybridized carbons (Fsp3) is 0.378. The molecule has 0 fully saturated rings. The summed E-state index contributed by atoms with van der Waals surface area (Å²) in [5, 5.41) is 14.0. The Bertz CT molecular complexity index is 1720. The molecule has 49 heavy (non-hydrogen) atoms. The number of thioether (sulfide) groups is 1. The largest absolute Gasteiger partial charge is 0.483 e. The summed E-state index contributed by atoms with van der Waals surface area (Å²) in [6, 6.07) is 20.4. The number of carbonyl (C=O) groups excluding carboxylic acids is 2. The second-order valence-electron chi connectivity index (χ2n) is 12.2. The molecule has 262 valence electrons. The van der Waals surface area contributed by atoms with Gasteiger partial charge in [0.05, 0.1) is 21.2 Å². The molecule has 2 amide bonds. The number of carboxylic acid groups (broad SMARTS) is 1. The third-order valence-electron chi connectivity index (χ3n) is 8.58. The van der Waals surface area contributed by atoms with E-state index in [1.807, 2.05) is 48.7 Å². The van der Waals surface area contributed by atoms with Crippen LogP contribution in [-0.2, 0) is 24.2 Å². The number of benzene rings is 3. The maximum atomic E-state index is 14.4. The number of nitrogens with one attached hydrogen (secondary N) is 2. The smallest absolute Gasteiger partial charge is 0.322 e. The number of hydrogen-bond donors (Lipinski definition) is 3. The van der Waals surface area contributed by atoms with E-state index in [0.29, 0.717) is 22.7 Å². The van der Waals surface area contributed by atoms with Crippen LogP contribution in [0.15, 0.2) is 95.2 Å². The Hall–Kier alpha value is -4.29. The van der Waals surface area contributed by atoms with Gasteiger partial charge in [0.2, 0.25) is 5.91 Å². The lowest BCUT2D eigenvalue weighted by molar-refractivity contribution is -0.138. The molecule has 1 unspecified atom stereocenters. The Morgan fingerprint density at radius 1 is 1.06 bits per heavy atom. The second-order valence-corrected chi connectivity index (χ2v) is 15.1. The molecule has 10 nitrogen and oxygen atoms in total. The van der Waals surface area contributed by atoms with E-state index >= 15 is 0 Å². The standard InChI is InChI=1S/C37H45N3O7S2/c1-4-6-14-20-37(19-7-5-2)25-40(28-17-12-9-13-18-28)29-21-31(48-3)30(22-32(29)49(45,46)26-37)47-24-33(41)39-35(27-15-10-8-11-16-27)36(44)38-23-34(42)43/h4,8-13,15-18,21-22,35H,1,5-7,14,19-20,23-26H2,2-3H3,(H,38,44)(H,39,41)(H,42,43)/t35-,37?/m1/s1. The van der Waals surface area contributed by atoms with Crippen LogP contribution < -0.4 is 20.3 Å². The number of sulfone groups is 1. The summed E-state index contributed by atoms with van der Waals surface area (Å²) < 4.78 is 34.8. The third kappa shape index (κ3) is 9.88. The molecule has 0 aromatic heterocycles. The minimum absolute atomic E-state index is 0.0176.